The number of halogens is 3. The lowest BCUT2D eigenvalue weighted by molar-refractivity contribution is -0.141. The third-order valence-corrected chi connectivity index (χ3v) is 4.42. The largest absolute Gasteiger partial charge is 0.433 e. The number of rotatable bonds is 2. The van der Waals surface area contributed by atoms with Crippen LogP contribution in [0.25, 0.3) is 0 Å². The van der Waals surface area contributed by atoms with Gasteiger partial charge in [0.05, 0.1) is 0 Å². The molecule has 0 aliphatic carbocycles. The Morgan fingerprint density at radius 1 is 1.09 bits per heavy atom. The van der Waals surface area contributed by atoms with E-state index >= 15 is 0 Å². The molecule has 0 bridgehead atoms. The van der Waals surface area contributed by atoms with Crippen molar-refractivity contribution >= 4 is 5.69 Å². The van der Waals surface area contributed by atoms with Crippen molar-refractivity contribution in [1.82, 2.24) is 9.88 Å². The second-order valence-electron chi connectivity index (χ2n) is 5.76. The van der Waals surface area contributed by atoms with Crippen LogP contribution in [0.4, 0.5) is 18.9 Å². The van der Waals surface area contributed by atoms with Crippen molar-refractivity contribution in [2.75, 3.05) is 44.3 Å². The number of alkyl halides is 3. The van der Waals surface area contributed by atoms with Gasteiger partial charge in [0.15, 0.2) is 0 Å². The Hall–Kier alpha value is -1.34. The Labute approximate surface area is 127 Å². The zero-order chi connectivity index (χ0) is 15.6. The van der Waals surface area contributed by atoms with E-state index in [0.29, 0.717) is 11.7 Å². The zero-order valence-electron chi connectivity index (χ0n) is 12.4. The van der Waals surface area contributed by atoms with E-state index in [4.69, 9.17) is 4.74 Å². The van der Waals surface area contributed by atoms with Crippen LogP contribution in [-0.2, 0) is 10.9 Å². The summed E-state index contributed by atoms with van der Waals surface area (Å²) in [6, 6.07) is 3.35. The van der Waals surface area contributed by atoms with E-state index < -0.39 is 11.9 Å². The number of nitrogens with zero attached hydrogens (tertiary/aromatic N) is 3. The molecule has 0 aromatic carbocycles. The molecule has 0 atom stereocenters. The molecule has 0 amide bonds. The molecule has 2 fully saturated rings. The molecule has 1 aromatic rings. The molecular formula is C15H20F3N3O. The van der Waals surface area contributed by atoms with E-state index in [2.05, 4.69) is 9.88 Å². The second kappa shape index (κ2) is 6.42. The van der Waals surface area contributed by atoms with Gasteiger partial charge in [-0.3, -0.25) is 9.88 Å². The summed E-state index contributed by atoms with van der Waals surface area (Å²) in [6.07, 6.45) is -1.05. The number of piperazine rings is 1. The lowest BCUT2D eigenvalue weighted by Gasteiger charge is -2.41. The fraction of sp³-hybridized carbons (Fsp3) is 0.667. The third-order valence-electron chi connectivity index (χ3n) is 4.42. The molecule has 0 unspecified atom stereocenters. The summed E-state index contributed by atoms with van der Waals surface area (Å²) in [5, 5.41) is 0. The zero-order valence-corrected chi connectivity index (χ0v) is 12.4. The molecule has 2 aliphatic rings. The van der Waals surface area contributed by atoms with Gasteiger partial charge in [-0.2, -0.15) is 13.2 Å². The maximum Gasteiger partial charge on any atom is 0.433 e. The number of hydrogen-bond acceptors (Lipinski definition) is 4. The molecule has 7 heteroatoms. The quantitative estimate of drug-likeness (QED) is 0.838. The number of anilines is 1. The Bertz CT molecular complexity index is 495. The predicted octanol–water partition coefficient (Wildman–Crippen LogP) is 2.40. The highest BCUT2D eigenvalue weighted by atomic mass is 19.4. The minimum atomic E-state index is -4.39. The second-order valence-corrected chi connectivity index (χ2v) is 5.76. The van der Waals surface area contributed by atoms with Gasteiger partial charge in [0, 0.05) is 57.3 Å². The fourth-order valence-electron chi connectivity index (χ4n) is 3.17. The highest BCUT2D eigenvalue weighted by Gasteiger charge is 2.33. The van der Waals surface area contributed by atoms with Crippen LogP contribution < -0.4 is 4.90 Å². The highest BCUT2D eigenvalue weighted by Crippen LogP contribution is 2.30. The first-order chi connectivity index (χ1) is 10.5. The molecule has 2 aliphatic heterocycles. The van der Waals surface area contributed by atoms with E-state index in [0.717, 1.165) is 58.3 Å². The molecule has 0 saturated carbocycles. The van der Waals surface area contributed by atoms with Crippen LogP contribution in [-0.4, -0.2) is 55.3 Å². The Kier molecular flexibility index (Phi) is 4.54. The number of aromatic nitrogens is 1. The molecule has 0 N–H and O–H groups in total. The molecule has 0 spiro atoms. The summed E-state index contributed by atoms with van der Waals surface area (Å²) >= 11 is 0. The van der Waals surface area contributed by atoms with Crippen molar-refractivity contribution in [2.24, 2.45) is 0 Å². The number of pyridine rings is 1. The van der Waals surface area contributed by atoms with E-state index in [1.54, 1.807) is 6.07 Å². The molecule has 1 aromatic heterocycles. The average molecular weight is 315 g/mol. The van der Waals surface area contributed by atoms with Crippen molar-refractivity contribution < 1.29 is 17.9 Å². The molecule has 3 heterocycles. The van der Waals surface area contributed by atoms with Gasteiger partial charge in [-0.05, 0) is 25.0 Å². The normalized spacial score (nSPS) is 22.0. The summed E-state index contributed by atoms with van der Waals surface area (Å²) in [5.74, 6) is 0. The van der Waals surface area contributed by atoms with Gasteiger partial charge < -0.3 is 9.64 Å². The molecule has 0 radical (unpaired) electrons. The van der Waals surface area contributed by atoms with E-state index in [1.807, 2.05) is 4.90 Å². The molecule has 2 saturated heterocycles. The molecule has 4 nitrogen and oxygen atoms in total. The third kappa shape index (κ3) is 3.52. The molecule has 122 valence electrons. The lowest BCUT2D eigenvalue weighted by atomic mass is 10.1. The van der Waals surface area contributed by atoms with Crippen LogP contribution >= 0.6 is 0 Å². The molecule has 3 rings (SSSR count). The highest BCUT2D eigenvalue weighted by molar-refractivity contribution is 5.47. The van der Waals surface area contributed by atoms with Crippen LogP contribution in [0, 0.1) is 0 Å². The summed E-state index contributed by atoms with van der Waals surface area (Å²) in [6.45, 7) is 4.88. The Balaban J connectivity index is 1.61. The first-order valence-electron chi connectivity index (χ1n) is 7.64. The summed E-state index contributed by atoms with van der Waals surface area (Å²) in [4.78, 5) is 7.86. The van der Waals surface area contributed by atoms with Gasteiger partial charge in [0.25, 0.3) is 0 Å². The minimum absolute atomic E-state index is 0.555. The van der Waals surface area contributed by atoms with Gasteiger partial charge in [-0.1, -0.05) is 0 Å². The number of ether oxygens (including phenoxy) is 1. The van der Waals surface area contributed by atoms with Crippen molar-refractivity contribution in [1.29, 1.82) is 0 Å². The van der Waals surface area contributed by atoms with Gasteiger partial charge in [-0.15, -0.1) is 0 Å². The van der Waals surface area contributed by atoms with Gasteiger partial charge in [-0.25, -0.2) is 0 Å². The SMILES string of the molecule is FC(F)(F)c1cc(N2CCN(C3CCOCC3)CC2)ccn1. The maximum absolute atomic E-state index is 12.7. The fourth-order valence-corrected chi connectivity index (χ4v) is 3.17. The Morgan fingerprint density at radius 2 is 1.77 bits per heavy atom. The average Bonchev–Trinajstić information content (AvgIpc) is 2.55. The minimum Gasteiger partial charge on any atom is -0.381 e. The van der Waals surface area contributed by atoms with Crippen molar-refractivity contribution in [3.8, 4) is 0 Å². The first-order valence-corrected chi connectivity index (χ1v) is 7.64. The monoisotopic (exact) mass is 315 g/mol. The van der Waals surface area contributed by atoms with Crippen LogP contribution in [0.2, 0.25) is 0 Å². The van der Waals surface area contributed by atoms with Crippen LogP contribution in [0.15, 0.2) is 18.3 Å². The van der Waals surface area contributed by atoms with Crippen LogP contribution in [0.3, 0.4) is 0 Å². The molecule has 22 heavy (non-hydrogen) atoms. The smallest absolute Gasteiger partial charge is 0.381 e. The summed E-state index contributed by atoms with van der Waals surface area (Å²) < 4.78 is 43.6. The van der Waals surface area contributed by atoms with Gasteiger partial charge in [0.2, 0.25) is 0 Å². The number of hydrogen-bond donors (Lipinski definition) is 0. The van der Waals surface area contributed by atoms with E-state index in [1.165, 1.54) is 6.20 Å². The lowest BCUT2D eigenvalue weighted by Crippen LogP contribution is -2.51. The summed E-state index contributed by atoms with van der Waals surface area (Å²) in [5.41, 5.74) is -0.217. The van der Waals surface area contributed by atoms with Gasteiger partial charge in [0.1, 0.15) is 5.69 Å². The Morgan fingerprint density at radius 3 is 2.41 bits per heavy atom. The van der Waals surface area contributed by atoms with E-state index in [9.17, 15) is 13.2 Å². The predicted molar refractivity (Wildman–Crippen MR) is 76.9 cm³/mol. The topological polar surface area (TPSA) is 28.6 Å². The maximum atomic E-state index is 12.7. The standard InChI is InChI=1S/C15H20F3N3O/c16-15(17,18)14-11-13(1-4-19-14)21-7-5-20(6-8-21)12-2-9-22-10-3-12/h1,4,11-12H,2-3,5-10H2. The van der Waals surface area contributed by atoms with Crippen molar-refractivity contribution in [2.45, 2.75) is 25.1 Å². The summed E-state index contributed by atoms with van der Waals surface area (Å²) in [7, 11) is 0. The van der Waals surface area contributed by atoms with Crippen LogP contribution in [0.1, 0.15) is 18.5 Å². The van der Waals surface area contributed by atoms with E-state index in [-0.39, 0.29) is 0 Å². The van der Waals surface area contributed by atoms with Gasteiger partial charge >= 0.3 is 6.18 Å². The first kappa shape index (κ1) is 15.6. The van der Waals surface area contributed by atoms with Crippen molar-refractivity contribution in [3.05, 3.63) is 24.0 Å². The van der Waals surface area contributed by atoms with Crippen LogP contribution in [0.5, 0.6) is 0 Å². The van der Waals surface area contributed by atoms with Crippen molar-refractivity contribution in [3.63, 3.8) is 0 Å². The molecular weight excluding hydrogens is 295 g/mol.